The highest BCUT2D eigenvalue weighted by Crippen LogP contribution is 2.36. The Bertz CT molecular complexity index is 727. The molecule has 266 valence electrons. The van der Waals surface area contributed by atoms with E-state index >= 15 is 0 Å². The van der Waals surface area contributed by atoms with Crippen LogP contribution in [-0.4, -0.2) is 63.6 Å². The smallest absolute Gasteiger partial charge is 0.345 e. The average molecular weight is 643 g/mol. The van der Waals surface area contributed by atoms with Crippen molar-refractivity contribution in [2.45, 2.75) is 199 Å². The standard InChI is InChI=1S/C37H70O8/c1-3-5-7-9-11-13-15-16-17-19-21-23-25-27-29-37(34(42)32(40)30-38,36(44)45-35(43)33(41)31-39)28-26-24-22-20-18-14-12-10-8-6-4-2/h32-33,38-41H,3-31H2,1-2H3. The van der Waals surface area contributed by atoms with E-state index in [0.717, 1.165) is 51.4 Å². The second-order valence-electron chi connectivity index (χ2n) is 13.2. The lowest BCUT2D eigenvalue weighted by Crippen LogP contribution is -2.48. The number of carbonyl (C=O) groups excluding carboxylic acids is 3. The molecule has 0 aromatic carbocycles. The molecule has 0 spiro atoms. The molecule has 8 heteroatoms. The first-order valence-corrected chi connectivity index (χ1v) is 18.7. The minimum absolute atomic E-state index is 0.0969. The van der Waals surface area contributed by atoms with Crippen LogP contribution in [0.2, 0.25) is 0 Å². The Morgan fingerprint density at radius 1 is 0.489 bits per heavy atom. The maximum absolute atomic E-state index is 13.4. The van der Waals surface area contributed by atoms with Gasteiger partial charge >= 0.3 is 11.9 Å². The number of rotatable bonds is 33. The lowest BCUT2D eigenvalue weighted by molar-refractivity contribution is -0.177. The van der Waals surface area contributed by atoms with Crippen molar-refractivity contribution in [3.63, 3.8) is 0 Å². The number of unbranched alkanes of at least 4 members (excludes halogenated alkanes) is 23. The molecular formula is C37H70O8. The van der Waals surface area contributed by atoms with Crippen LogP contribution in [0.1, 0.15) is 187 Å². The Morgan fingerprint density at radius 3 is 1.07 bits per heavy atom. The summed E-state index contributed by atoms with van der Waals surface area (Å²) in [5.74, 6) is -3.28. The monoisotopic (exact) mass is 643 g/mol. The van der Waals surface area contributed by atoms with E-state index in [-0.39, 0.29) is 12.8 Å². The molecule has 0 aromatic rings. The molecule has 45 heavy (non-hydrogen) atoms. The Kier molecular flexibility index (Phi) is 29.1. The Balaban J connectivity index is 4.94. The maximum atomic E-state index is 13.4. The summed E-state index contributed by atoms with van der Waals surface area (Å²) in [6.45, 7) is 2.70. The van der Waals surface area contributed by atoms with Crippen LogP contribution in [0.15, 0.2) is 0 Å². The van der Waals surface area contributed by atoms with Crippen molar-refractivity contribution >= 4 is 17.7 Å². The molecular weight excluding hydrogens is 572 g/mol. The number of aliphatic hydroxyl groups is 4. The highest BCUT2D eigenvalue weighted by atomic mass is 16.6. The molecule has 0 aliphatic rings. The number of ketones is 1. The normalized spacial score (nSPS) is 14.2. The van der Waals surface area contributed by atoms with Crippen molar-refractivity contribution < 1.29 is 39.5 Å². The predicted molar refractivity (Wildman–Crippen MR) is 181 cm³/mol. The van der Waals surface area contributed by atoms with Crippen LogP contribution in [0.25, 0.3) is 0 Å². The van der Waals surface area contributed by atoms with Crippen LogP contribution in [0.3, 0.4) is 0 Å². The van der Waals surface area contributed by atoms with E-state index in [1.165, 1.54) is 96.3 Å². The molecule has 0 fully saturated rings. The van der Waals surface area contributed by atoms with Gasteiger partial charge in [0.2, 0.25) is 0 Å². The number of esters is 2. The van der Waals surface area contributed by atoms with E-state index in [4.69, 9.17) is 9.84 Å². The highest BCUT2D eigenvalue weighted by Gasteiger charge is 2.49. The first-order chi connectivity index (χ1) is 21.8. The lowest BCUT2D eigenvalue weighted by Gasteiger charge is -2.31. The van der Waals surface area contributed by atoms with Gasteiger partial charge in [0.05, 0.1) is 13.2 Å². The van der Waals surface area contributed by atoms with Crippen LogP contribution >= 0.6 is 0 Å². The van der Waals surface area contributed by atoms with Crippen LogP contribution in [0, 0.1) is 5.41 Å². The second-order valence-corrected chi connectivity index (χ2v) is 13.2. The molecule has 0 aliphatic heterocycles. The third kappa shape index (κ3) is 21.2. The fraction of sp³-hybridized carbons (Fsp3) is 0.919. The third-order valence-corrected chi connectivity index (χ3v) is 9.14. The zero-order valence-corrected chi connectivity index (χ0v) is 29.1. The van der Waals surface area contributed by atoms with Crippen LogP contribution in [-0.2, 0) is 19.1 Å². The Morgan fingerprint density at radius 2 is 0.778 bits per heavy atom. The highest BCUT2D eigenvalue weighted by molar-refractivity contribution is 6.08. The summed E-state index contributed by atoms with van der Waals surface area (Å²) < 4.78 is 4.90. The molecule has 8 nitrogen and oxygen atoms in total. The summed E-state index contributed by atoms with van der Waals surface area (Å²) in [4.78, 5) is 39.0. The Hall–Kier alpha value is -1.35. The molecule has 0 aromatic heterocycles. The Labute approximate surface area is 275 Å². The quantitative estimate of drug-likeness (QED) is 0.0322. The summed E-state index contributed by atoms with van der Waals surface area (Å²) in [6.07, 6.45) is 24.8. The first-order valence-electron chi connectivity index (χ1n) is 18.7. The van der Waals surface area contributed by atoms with Crippen molar-refractivity contribution in [1.29, 1.82) is 0 Å². The average Bonchev–Trinajstić information content (AvgIpc) is 3.05. The molecule has 3 atom stereocenters. The summed E-state index contributed by atoms with van der Waals surface area (Å²) in [5, 5.41) is 38.6. The molecule has 4 N–H and O–H groups in total. The topological polar surface area (TPSA) is 141 Å². The predicted octanol–water partition coefficient (Wildman–Crippen LogP) is 7.89. The van der Waals surface area contributed by atoms with Gasteiger partial charge in [0.25, 0.3) is 0 Å². The molecule has 0 radical (unpaired) electrons. The van der Waals surface area contributed by atoms with Crippen molar-refractivity contribution in [2.75, 3.05) is 13.2 Å². The van der Waals surface area contributed by atoms with Crippen molar-refractivity contribution in [1.82, 2.24) is 0 Å². The van der Waals surface area contributed by atoms with Gasteiger partial charge in [-0.2, -0.15) is 0 Å². The first kappa shape index (κ1) is 43.6. The summed E-state index contributed by atoms with van der Waals surface area (Å²) in [6, 6.07) is 0. The summed E-state index contributed by atoms with van der Waals surface area (Å²) in [7, 11) is 0. The minimum atomic E-state index is -1.90. The van der Waals surface area contributed by atoms with E-state index in [1.807, 2.05) is 0 Å². The molecule has 0 saturated heterocycles. The van der Waals surface area contributed by atoms with Gasteiger partial charge in [-0.05, 0) is 12.8 Å². The van der Waals surface area contributed by atoms with Crippen molar-refractivity contribution in [3.8, 4) is 0 Å². The molecule has 0 saturated carbocycles. The second kappa shape index (κ2) is 30.0. The van der Waals surface area contributed by atoms with E-state index in [9.17, 15) is 29.7 Å². The molecule has 0 rings (SSSR count). The van der Waals surface area contributed by atoms with E-state index < -0.39 is 48.6 Å². The van der Waals surface area contributed by atoms with Crippen molar-refractivity contribution in [3.05, 3.63) is 0 Å². The van der Waals surface area contributed by atoms with E-state index in [0.29, 0.717) is 12.8 Å². The maximum Gasteiger partial charge on any atom is 0.345 e. The van der Waals surface area contributed by atoms with Gasteiger partial charge in [-0.1, -0.05) is 174 Å². The number of ether oxygens (including phenoxy) is 1. The fourth-order valence-electron chi connectivity index (χ4n) is 6.12. The molecule has 0 heterocycles. The van der Waals surface area contributed by atoms with Crippen LogP contribution in [0.5, 0.6) is 0 Å². The van der Waals surface area contributed by atoms with Gasteiger partial charge in [-0.25, -0.2) is 4.79 Å². The third-order valence-electron chi connectivity index (χ3n) is 9.14. The lowest BCUT2D eigenvalue weighted by atomic mass is 9.72. The number of hydrogen-bond acceptors (Lipinski definition) is 8. The van der Waals surface area contributed by atoms with Gasteiger partial charge in [0, 0.05) is 0 Å². The van der Waals surface area contributed by atoms with E-state index in [1.54, 1.807) is 0 Å². The SMILES string of the molecule is CCCCCCCCCCCCCCCCC(CCCCCCCCCCCCC)(C(=O)OC(=O)C(O)CO)C(=O)C(O)CO. The van der Waals surface area contributed by atoms with Gasteiger partial charge in [0.15, 0.2) is 11.9 Å². The largest absolute Gasteiger partial charge is 0.393 e. The fourth-order valence-corrected chi connectivity index (χ4v) is 6.12. The number of Topliss-reactive ketones (excluding diaryl/α,β-unsaturated/α-hetero) is 1. The van der Waals surface area contributed by atoms with Gasteiger partial charge < -0.3 is 25.2 Å². The minimum Gasteiger partial charge on any atom is -0.393 e. The zero-order chi connectivity index (χ0) is 33.6. The number of carbonyl (C=O) groups is 3. The van der Waals surface area contributed by atoms with Gasteiger partial charge in [0.1, 0.15) is 11.5 Å². The molecule has 0 amide bonds. The molecule has 0 bridgehead atoms. The summed E-state index contributed by atoms with van der Waals surface area (Å²) >= 11 is 0. The van der Waals surface area contributed by atoms with Gasteiger partial charge in [-0.3, -0.25) is 9.59 Å². The molecule has 3 unspecified atom stereocenters. The summed E-state index contributed by atoms with van der Waals surface area (Å²) in [5.41, 5.74) is -1.79. The van der Waals surface area contributed by atoms with E-state index in [2.05, 4.69) is 13.8 Å². The molecule has 0 aliphatic carbocycles. The number of hydrogen-bond donors (Lipinski definition) is 4. The van der Waals surface area contributed by atoms with Crippen LogP contribution in [0.4, 0.5) is 0 Å². The van der Waals surface area contributed by atoms with Gasteiger partial charge in [-0.15, -0.1) is 0 Å². The zero-order valence-electron chi connectivity index (χ0n) is 29.1. The van der Waals surface area contributed by atoms with Crippen molar-refractivity contribution in [2.24, 2.45) is 5.41 Å². The number of aliphatic hydroxyl groups excluding tert-OH is 4. The van der Waals surface area contributed by atoms with Crippen LogP contribution < -0.4 is 0 Å².